The summed E-state index contributed by atoms with van der Waals surface area (Å²) in [4.78, 5) is 71.0. The number of ether oxygens (including phenoxy) is 7. The zero-order chi connectivity index (χ0) is 44.2. The highest BCUT2D eigenvalue weighted by atomic mass is 16.7. The van der Waals surface area contributed by atoms with Crippen LogP contribution in [0.4, 0.5) is 0 Å². The Bertz CT molecular complexity index is 1950. The van der Waals surface area contributed by atoms with Crippen molar-refractivity contribution in [2.75, 3.05) is 20.7 Å². The molecule has 5 aliphatic rings. The molecular weight excluding hydrogens is 766 g/mol. The summed E-state index contributed by atoms with van der Waals surface area (Å²) in [7, 11) is 3.06. The van der Waals surface area contributed by atoms with Crippen LogP contribution in [0.3, 0.4) is 0 Å². The first kappa shape index (κ1) is 44.5. The van der Waals surface area contributed by atoms with Gasteiger partial charge in [0.1, 0.15) is 6.10 Å². The monoisotopic (exact) mass is 827 g/mol. The number of hydrogen-bond acceptors (Lipinski definition) is 15. The van der Waals surface area contributed by atoms with Crippen LogP contribution in [0.15, 0.2) is 24.3 Å². The Morgan fingerprint density at radius 1 is 0.780 bits per heavy atom. The lowest BCUT2D eigenvalue weighted by Gasteiger charge is -2.62. The van der Waals surface area contributed by atoms with Crippen LogP contribution < -0.4 is 9.47 Å². The summed E-state index contributed by atoms with van der Waals surface area (Å²) in [6, 6.07) is 3.44. The molecule has 10 atom stereocenters. The number of likely N-dealkylation sites (tertiary alicyclic amines) is 1. The molecule has 2 aliphatic carbocycles. The molecule has 59 heavy (non-hydrogen) atoms. The van der Waals surface area contributed by atoms with Crippen LogP contribution in [-0.2, 0) is 59.5 Å². The van der Waals surface area contributed by atoms with E-state index in [1.807, 2.05) is 13.1 Å². The summed E-state index contributed by atoms with van der Waals surface area (Å²) in [6.45, 7) is 19.7. The van der Waals surface area contributed by atoms with E-state index < -0.39 is 98.8 Å². The first-order chi connectivity index (χ1) is 26.9. The highest BCUT2D eigenvalue weighted by Gasteiger charge is 2.78. The zero-order valence-electron chi connectivity index (χ0n) is 36.7. The Kier molecular flexibility index (Phi) is 10.8. The van der Waals surface area contributed by atoms with Crippen molar-refractivity contribution >= 4 is 29.8 Å². The lowest BCUT2D eigenvalue weighted by molar-refractivity contribution is -0.399. The van der Waals surface area contributed by atoms with Gasteiger partial charge in [-0.3, -0.25) is 19.2 Å². The molecular formula is C44H61NO14. The van der Waals surface area contributed by atoms with Gasteiger partial charge in [-0.25, -0.2) is 4.79 Å². The summed E-state index contributed by atoms with van der Waals surface area (Å²) < 4.78 is 42.5. The number of benzene rings is 1. The van der Waals surface area contributed by atoms with Crippen LogP contribution >= 0.6 is 0 Å². The third-order valence-corrected chi connectivity index (χ3v) is 12.2. The van der Waals surface area contributed by atoms with Crippen LogP contribution in [-0.4, -0.2) is 114 Å². The molecule has 0 unspecified atom stereocenters. The van der Waals surface area contributed by atoms with E-state index in [9.17, 15) is 34.2 Å². The number of carbonyl (C=O) groups is 5. The minimum absolute atomic E-state index is 0.0852. The fourth-order valence-corrected chi connectivity index (χ4v) is 8.75. The van der Waals surface area contributed by atoms with Gasteiger partial charge in [-0.15, -0.1) is 0 Å². The maximum Gasteiger partial charge on any atom is 0.339 e. The summed E-state index contributed by atoms with van der Waals surface area (Å²) in [6.07, 6.45) is -5.42. The minimum atomic E-state index is -3.19. The van der Waals surface area contributed by atoms with Gasteiger partial charge in [0, 0.05) is 22.9 Å². The van der Waals surface area contributed by atoms with E-state index in [2.05, 4.69) is 4.90 Å². The average Bonchev–Trinajstić information content (AvgIpc) is 3.48. The highest BCUT2D eigenvalue weighted by molar-refractivity contribution is 5.81. The van der Waals surface area contributed by atoms with E-state index in [1.54, 1.807) is 95.2 Å². The van der Waals surface area contributed by atoms with E-state index in [1.165, 1.54) is 6.08 Å². The first-order valence-electron chi connectivity index (χ1n) is 20.2. The Balaban J connectivity index is 1.62. The van der Waals surface area contributed by atoms with Gasteiger partial charge in [-0.2, -0.15) is 0 Å². The normalized spacial score (nSPS) is 33.9. The van der Waals surface area contributed by atoms with Gasteiger partial charge in [-0.1, -0.05) is 12.1 Å². The number of hydrogen-bond donors (Lipinski definition) is 2. The van der Waals surface area contributed by atoms with E-state index in [0.717, 1.165) is 12.7 Å². The largest absolute Gasteiger partial charge is 0.482 e. The summed E-state index contributed by atoms with van der Waals surface area (Å²) in [5, 5.41) is 27.1. The van der Waals surface area contributed by atoms with Crippen LogP contribution in [0.1, 0.15) is 101 Å². The predicted octanol–water partition coefficient (Wildman–Crippen LogP) is 3.95. The molecule has 0 aromatic heterocycles. The molecule has 1 aromatic carbocycles. The second-order valence-electron chi connectivity index (χ2n) is 20.9. The predicted molar refractivity (Wildman–Crippen MR) is 210 cm³/mol. The second kappa shape index (κ2) is 14.3. The van der Waals surface area contributed by atoms with Crippen molar-refractivity contribution in [1.82, 2.24) is 4.90 Å². The molecule has 326 valence electrons. The van der Waals surface area contributed by atoms with Crippen molar-refractivity contribution in [2.45, 2.75) is 149 Å². The van der Waals surface area contributed by atoms with Crippen molar-refractivity contribution in [3.8, 4) is 11.5 Å². The number of aliphatic hydroxyl groups is 2. The molecule has 2 bridgehead atoms. The summed E-state index contributed by atoms with van der Waals surface area (Å²) in [5.74, 6) is -7.53. The Hall–Kier alpha value is -4.05. The molecule has 0 saturated carbocycles. The number of likely N-dealkylation sites (N-methyl/N-ethyl adjacent to an activating group) is 1. The number of rotatable bonds is 6. The van der Waals surface area contributed by atoms with Gasteiger partial charge < -0.3 is 48.3 Å². The Labute approximate surface area is 346 Å². The van der Waals surface area contributed by atoms with Gasteiger partial charge in [-0.05, 0) is 127 Å². The van der Waals surface area contributed by atoms with Crippen molar-refractivity contribution in [3.05, 3.63) is 35.4 Å². The number of piperidine rings is 1. The third-order valence-electron chi connectivity index (χ3n) is 12.2. The summed E-state index contributed by atoms with van der Waals surface area (Å²) >= 11 is 0. The van der Waals surface area contributed by atoms with Gasteiger partial charge >= 0.3 is 29.8 Å². The lowest BCUT2D eigenvalue weighted by Crippen LogP contribution is -2.81. The zero-order valence-corrected chi connectivity index (χ0v) is 36.7. The van der Waals surface area contributed by atoms with E-state index in [0.29, 0.717) is 24.9 Å². The fraction of sp³-hybridized carbons (Fsp3) is 0.705. The number of nitrogens with zero attached hydrogens (tertiary/aromatic N) is 1. The summed E-state index contributed by atoms with van der Waals surface area (Å²) in [5.41, 5.74) is -6.75. The van der Waals surface area contributed by atoms with Crippen LogP contribution in [0, 0.1) is 27.6 Å². The lowest BCUT2D eigenvalue weighted by atomic mass is 9.50. The molecule has 3 heterocycles. The van der Waals surface area contributed by atoms with Crippen LogP contribution in [0.25, 0.3) is 0 Å². The van der Waals surface area contributed by atoms with Crippen LogP contribution in [0.2, 0.25) is 0 Å². The molecule has 3 aliphatic heterocycles. The molecule has 2 saturated heterocycles. The smallest absolute Gasteiger partial charge is 0.339 e. The Morgan fingerprint density at radius 3 is 1.86 bits per heavy atom. The molecule has 1 spiro atoms. The van der Waals surface area contributed by atoms with Crippen molar-refractivity contribution in [1.29, 1.82) is 0 Å². The maximum atomic E-state index is 14.0. The topological polar surface area (TPSA) is 194 Å². The quantitative estimate of drug-likeness (QED) is 0.181. The SMILES string of the molecule is COC(=O)[C@H]1O[C@](O)([C@@]2(O)C=C[C@H]3[C@H]4Cc5ccc(OC(=O)C(C)(C)C)c6c5[C@@]3(CCN4C)[C@H]2O6)[C@H](OC(=O)C(C)(C)C)[C@@H](OC(=O)C(C)(C)C)[C@@H]1OC(=O)C(C)(C)C. The van der Waals surface area contributed by atoms with Crippen molar-refractivity contribution in [2.24, 2.45) is 27.6 Å². The van der Waals surface area contributed by atoms with Crippen LogP contribution in [0.5, 0.6) is 11.5 Å². The van der Waals surface area contributed by atoms with E-state index >= 15 is 0 Å². The van der Waals surface area contributed by atoms with Gasteiger partial charge in [0.05, 0.1) is 28.8 Å². The third kappa shape index (κ3) is 7.13. The van der Waals surface area contributed by atoms with Gasteiger partial charge in [0.2, 0.25) is 5.79 Å². The molecule has 15 nitrogen and oxygen atoms in total. The van der Waals surface area contributed by atoms with Crippen molar-refractivity contribution in [3.63, 3.8) is 0 Å². The molecule has 2 N–H and O–H groups in total. The number of carbonyl (C=O) groups excluding carboxylic acids is 5. The minimum Gasteiger partial charge on any atom is -0.482 e. The standard InChI is InChI=1S/C44H61NO14/c1-38(2,3)34(47)54-25-16-15-22-21-24-23-17-18-43(51,33-42(23,19-20-45(24)13)26(22)27(25)55-33)44(52)31(58-37(50)41(10,11)12)29(57-36(49)40(7,8)9)28(30(59-44)32(46)53-14)56-35(48)39(4,5)6/h15-18,23-24,28-31,33,51-52H,19-21H2,1-14H3/t23-,24+,28-,29-,30-,31+,33+,42-,43+,44-/m0/s1. The second-order valence-corrected chi connectivity index (χ2v) is 20.9. The van der Waals surface area contributed by atoms with Crippen molar-refractivity contribution < 1.29 is 67.3 Å². The first-order valence-corrected chi connectivity index (χ1v) is 20.2. The number of methoxy groups -OCH3 is 1. The fourth-order valence-electron chi connectivity index (χ4n) is 8.75. The molecule has 0 amide bonds. The maximum absolute atomic E-state index is 14.0. The van der Waals surface area contributed by atoms with E-state index in [4.69, 9.17) is 33.2 Å². The Morgan fingerprint density at radius 2 is 1.32 bits per heavy atom. The van der Waals surface area contributed by atoms with Gasteiger partial charge in [0.15, 0.2) is 41.5 Å². The van der Waals surface area contributed by atoms with E-state index in [-0.39, 0.29) is 23.5 Å². The van der Waals surface area contributed by atoms with Gasteiger partial charge in [0.25, 0.3) is 0 Å². The molecule has 6 rings (SSSR count). The number of esters is 5. The highest BCUT2D eigenvalue weighted by Crippen LogP contribution is 2.66. The molecule has 2 fully saturated rings. The average molecular weight is 828 g/mol. The molecule has 1 aromatic rings. The molecule has 0 radical (unpaired) electrons. The molecule has 15 heteroatoms.